The zero-order chi connectivity index (χ0) is 15.8. The molecule has 1 unspecified atom stereocenters. The quantitative estimate of drug-likeness (QED) is 0.801. The Hall–Kier alpha value is -1.55. The van der Waals surface area contributed by atoms with E-state index in [9.17, 15) is 4.79 Å². The summed E-state index contributed by atoms with van der Waals surface area (Å²) in [4.78, 5) is 14.0. The Balaban J connectivity index is 2.58. The van der Waals surface area contributed by atoms with E-state index in [0.29, 0.717) is 25.4 Å². The van der Waals surface area contributed by atoms with Gasteiger partial charge < -0.3 is 15.4 Å². The minimum atomic E-state index is 0.169. The number of rotatable bonds is 8. The summed E-state index contributed by atoms with van der Waals surface area (Å²) in [6, 6.07) is 6.03. The molecule has 0 fully saturated rings. The van der Waals surface area contributed by atoms with Crippen LogP contribution in [0.15, 0.2) is 18.2 Å². The first-order chi connectivity index (χ1) is 9.97. The van der Waals surface area contributed by atoms with Crippen LogP contribution in [0.5, 0.6) is 5.75 Å². The van der Waals surface area contributed by atoms with Gasteiger partial charge in [0, 0.05) is 25.6 Å². The Morgan fingerprint density at radius 2 is 2.10 bits per heavy atom. The smallest absolute Gasteiger partial charge is 0.222 e. The Morgan fingerprint density at radius 3 is 2.71 bits per heavy atom. The molecule has 0 saturated carbocycles. The second-order valence-electron chi connectivity index (χ2n) is 5.79. The number of nitrogens with two attached hydrogens (primary N) is 1. The molecule has 0 bridgehead atoms. The molecule has 4 nitrogen and oxygen atoms in total. The summed E-state index contributed by atoms with van der Waals surface area (Å²) in [7, 11) is 3.50. The van der Waals surface area contributed by atoms with E-state index in [1.54, 1.807) is 12.0 Å². The van der Waals surface area contributed by atoms with Crippen LogP contribution in [0.2, 0.25) is 0 Å². The summed E-state index contributed by atoms with van der Waals surface area (Å²) in [5.74, 6) is 1.50. The zero-order valence-corrected chi connectivity index (χ0v) is 13.7. The highest BCUT2D eigenvalue weighted by Gasteiger charge is 2.13. The Kier molecular flexibility index (Phi) is 7.23. The van der Waals surface area contributed by atoms with E-state index in [1.165, 1.54) is 5.56 Å². The number of nitrogens with zero attached hydrogens (tertiary/aromatic N) is 1. The summed E-state index contributed by atoms with van der Waals surface area (Å²) in [6.45, 7) is 5.45. The van der Waals surface area contributed by atoms with Crippen molar-refractivity contribution in [3.63, 3.8) is 0 Å². The molecule has 0 heterocycles. The standard InChI is InChI=1S/C17H28N2O2/c1-13(9-10-18)6-8-17(20)19(3)12-15-11-14(2)5-7-16(15)21-4/h5,7,11,13H,6,8-10,12,18H2,1-4H3. The molecule has 1 atom stereocenters. The van der Waals surface area contributed by atoms with Crippen molar-refractivity contribution in [2.75, 3.05) is 20.7 Å². The predicted octanol–water partition coefficient (Wildman–Crippen LogP) is 2.73. The molecule has 0 saturated heterocycles. The minimum absolute atomic E-state index is 0.169. The molecule has 118 valence electrons. The van der Waals surface area contributed by atoms with Gasteiger partial charge in [-0.25, -0.2) is 0 Å². The maximum atomic E-state index is 12.2. The molecule has 0 aliphatic heterocycles. The first kappa shape index (κ1) is 17.5. The van der Waals surface area contributed by atoms with Gasteiger partial charge >= 0.3 is 0 Å². The lowest BCUT2D eigenvalue weighted by Crippen LogP contribution is -2.26. The van der Waals surface area contributed by atoms with Crippen LogP contribution in [0.25, 0.3) is 0 Å². The average molecular weight is 292 g/mol. The lowest BCUT2D eigenvalue weighted by Gasteiger charge is -2.20. The molecule has 0 radical (unpaired) electrons. The molecule has 1 rings (SSSR count). The van der Waals surface area contributed by atoms with Crippen molar-refractivity contribution in [3.05, 3.63) is 29.3 Å². The summed E-state index contributed by atoms with van der Waals surface area (Å²) in [5, 5.41) is 0. The minimum Gasteiger partial charge on any atom is -0.496 e. The summed E-state index contributed by atoms with van der Waals surface area (Å²) in [6.07, 6.45) is 2.44. The number of amides is 1. The van der Waals surface area contributed by atoms with E-state index in [-0.39, 0.29) is 5.91 Å². The van der Waals surface area contributed by atoms with Gasteiger partial charge in [-0.1, -0.05) is 24.6 Å². The zero-order valence-electron chi connectivity index (χ0n) is 13.7. The molecular formula is C17H28N2O2. The number of carbonyl (C=O) groups is 1. The fraction of sp³-hybridized carbons (Fsp3) is 0.588. The van der Waals surface area contributed by atoms with Crippen LogP contribution < -0.4 is 10.5 Å². The van der Waals surface area contributed by atoms with E-state index in [0.717, 1.165) is 24.2 Å². The number of ether oxygens (including phenoxy) is 1. The van der Waals surface area contributed by atoms with Crippen LogP contribution >= 0.6 is 0 Å². The number of hydrogen-bond acceptors (Lipinski definition) is 3. The van der Waals surface area contributed by atoms with Crippen molar-refractivity contribution in [1.29, 1.82) is 0 Å². The largest absolute Gasteiger partial charge is 0.496 e. The van der Waals surface area contributed by atoms with Gasteiger partial charge in [0.15, 0.2) is 0 Å². The van der Waals surface area contributed by atoms with E-state index in [1.807, 2.05) is 26.1 Å². The predicted molar refractivity (Wildman–Crippen MR) is 86.3 cm³/mol. The number of carbonyl (C=O) groups excluding carboxylic acids is 1. The average Bonchev–Trinajstić information content (AvgIpc) is 2.45. The second kappa shape index (κ2) is 8.67. The highest BCUT2D eigenvalue weighted by atomic mass is 16.5. The summed E-state index contributed by atoms with van der Waals surface area (Å²) >= 11 is 0. The molecule has 2 N–H and O–H groups in total. The molecule has 1 amide bonds. The lowest BCUT2D eigenvalue weighted by molar-refractivity contribution is -0.130. The van der Waals surface area contributed by atoms with E-state index < -0.39 is 0 Å². The molecule has 4 heteroatoms. The van der Waals surface area contributed by atoms with Gasteiger partial charge in [-0.2, -0.15) is 0 Å². The molecular weight excluding hydrogens is 264 g/mol. The highest BCUT2D eigenvalue weighted by molar-refractivity contribution is 5.75. The van der Waals surface area contributed by atoms with Gasteiger partial charge in [-0.05, 0) is 38.3 Å². The van der Waals surface area contributed by atoms with E-state index in [2.05, 4.69) is 13.0 Å². The number of aryl methyl sites for hydroxylation is 1. The number of methoxy groups -OCH3 is 1. The SMILES string of the molecule is COc1ccc(C)cc1CN(C)C(=O)CCC(C)CCN. The van der Waals surface area contributed by atoms with E-state index >= 15 is 0 Å². The molecule has 0 aliphatic rings. The normalized spacial score (nSPS) is 12.0. The van der Waals surface area contributed by atoms with Crippen molar-refractivity contribution in [1.82, 2.24) is 4.90 Å². The fourth-order valence-electron chi connectivity index (χ4n) is 2.36. The second-order valence-corrected chi connectivity index (χ2v) is 5.79. The summed E-state index contributed by atoms with van der Waals surface area (Å²) in [5.41, 5.74) is 7.75. The van der Waals surface area contributed by atoms with Crippen molar-refractivity contribution in [3.8, 4) is 5.75 Å². The Bertz CT molecular complexity index is 460. The topological polar surface area (TPSA) is 55.6 Å². The Morgan fingerprint density at radius 1 is 1.38 bits per heavy atom. The maximum absolute atomic E-state index is 12.2. The van der Waals surface area contributed by atoms with Crippen LogP contribution in [0.1, 0.15) is 37.3 Å². The van der Waals surface area contributed by atoms with Gasteiger partial charge in [0.05, 0.1) is 7.11 Å². The van der Waals surface area contributed by atoms with Gasteiger partial charge in [0.25, 0.3) is 0 Å². The molecule has 21 heavy (non-hydrogen) atoms. The maximum Gasteiger partial charge on any atom is 0.222 e. The third-order valence-electron chi connectivity index (χ3n) is 3.78. The van der Waals surface area contributed by atoms with Crippen molar-refractivity contribution >= 4 is 5.91 Å². The monoisotopic (exact) mass is 292 g/mol. The van der Waals surface area contributed by atoms with Crippen LogP contribution in [-0.4, -0.2) is 31.5 Å². The van der Waals surface area contributed by atoms with Crippen molar-refractivity contribution in [2.24, 2.45) is 11.7 Å². The molecule has 0 aliphatic carbocycles. The summed E-state index contributed by atoms with van der Waals surface area (Å²) < 4.78 is 5.36. The molecule has 0 aromatic heterocycles. The third kappa shape index (κ3) is 5.76. The lowest BCUT2D eigenvalue weighted by atomic mass is 10.0. The van der Waals surface area contributed by atoms with Crippen LogP contribution in [0.3, 0.4) is 0 Å². The number of benzene rings is 1. The molecule has 0 spiro atoms. The fourth-order valence-corrected chi connectivity index (χ4v) is 2.36. The van der Waals surface area contributed by atoms with Crippen molar-refractivity contribution in [2.45, 2.75) is 39.7 Å². The van der Waals surface area contributed by atoms with Crippen LogP contribution in [0.4, 0.5) is 0 Å². The van der Waals surface area contributed by atoms with E-state index in [4.69, 9.17) is 10.5 Å². The molecule has 1 aromatic carbocycles. The van der Waals surface area contributed by atoms with Gasteiger partial charge in [0.2, 0.25) is 5.91 Å². The first-order valence-corrected chi connectivity index (χ1v) is 7.55. The van der Waals surface area contributed by atoms with Gasteiger partial charge in [0.1, 0.15) is 5.75 Å². The van der Waals surface area contributed by atoms with Crippen LogP contribution in [-0.2, 0) is 11.3 Å². The van der Waals surface area contributed by atoms with Gasteiger partial charge in [-0.15, -0.1) is 0 Å². The van der Waals surface area contributed by atoms with Gasteiger partial charge in [-0.3, -0.25) is 4.79 Å². The van der Waals surface area contributed by atoms with Crippen LogP contribution in [0, 0.1) is 12.8 Å². The first-order valence-electron chi connectivity index (χ1n) is 7.55. The Labute approximate surface area is 128 Å². The number of hydrogen-bond donors (Lipinski definition) is 1. The third-order valence-corrected chi connectivity index (χ3v) is 3.78. The molecule has 1 aromatic rings. The van der Waals surface area contributed by atoms with Crippen molar-refractivity contribution < 1.29 is 9.53 Å². The highest BCUT2D eigenvalue weighted by Crippen LogP contribution is 2.21.